The number of nitriles is 1. The van der Waals surface area contributed by atoms with E-state index >= 15 is 0 Å². The first-order valence-electron chi connectivity index (χ1n) is 7.42. The maximum Gasteiger partial charge on any atom is 0.232 e. The van der Waals surface area contributed by atoms with Crippen molar-refractivity contribution in [2.24, 2.45) is 0 Å². The number of carbonyl (C=O) groups is 1. The number of carbonyl (C=O) groups excluding carboxylic acids is 1. The predicted molar refractivity (Wildman–Crippen MR) is 91.7 cm³/mol. The zero-order valence-electron chi connectivity index (χ0n) is 13.5. The topological polar surface area (TPSA) is 66.2 Å². The molecule has 0 unspecified atom stereocenters. The molecule has 0 radical (unpaired) electrons. The molecule has 0 aliphatic carbocycles. The molecule has 0 N–H and O–H groups in total. The summed E-state index contributed by atoms with van der Waals surface area (Å²) in [7, 11) is 1.60. The lowest BCUT2D eigenvalue weighted by atomic mass is 10.1. The van der Waals surface area contributed by atoms with E-state index in [0.29, 0.717) is 29.4 Å². The summed E-state index contributed by atoms with van der Waals surface area (Å²) in [6.07, 6.45) is 0. The van der Waals surface area contributed by atoms with Crippen LogP contribution in [-0.2, 0) is 4.79 Å². The summed E-state index contributed by atoms with van der Waals surface area (Å²) >= 11 is 1.30. The third kappa shape index (κ3) is 3.93. The largest absolute Gasteiger partial charge is 0.497 e. The van der Waals surface area contributed by atoms with Crippen molar-refractivity contribution in [3.05, 3.63) is 29.8 Å². The van der Waals surface area contributed by atoms with Gasteiger partial charge in [-0.3, -0.25) is 4.79 Å². The van der Waals surface area contributed by atoms with Gasteiger partial charge in [-0.15, -0.1) is 0 Å². The summed E-state index contributed by atoms with van der Waals surface area (Å²) < 4.78 is 5.20. The van der Waals surface area contributed by atoms with E-state index in [9.17, 15) is 10.1 Å². The smallest absolute Gasteiger partial charge is 0.232 e. The third-order valence-electron chi connectivity index (χ3n) is 3.56. The number of aromatic nitrogens is 1. The number of pyridine rings is 1. The molecule has 0 aliphatic rings. The fourth-order valence-corrected chi connectivity index (χ4v) is 3.11. The molecule has 0 bridgehead atoms. The van der Waals surface area contributed by atoms with E-state index in [1.807, 2.05) is 32.0 Å². The molecule has 0 saturated heterocycles. The first-order valence-corrected chi connectivity index (χ1v) is 8.40. The Bertz CT molecular complexity index is 751. The molecule has 0 aliphatic heterocycles. The highest BCUT2D eigenvalue weighted by atomic mass is 32.2. The minimum atomic E-state index is 0.0522. The molecule has 0 atom stereocenters. The molecule has 6 heteroatoms. The molecule has 1 aromatic heterocycles. The Balaban J connectivity index is 2.28. The molecule has 0 fully saturated rings. The van der Waals surface area contributed by atoms with E-state index in [1.54, 1.807) is 18.1 Å². The van der Waals surface area contributed by atoms with Crippen LogP contribution >= 0.6 is 11.8 Å². The lowest BCUT2D eigenvalue weighted by Gasteiger charge is -2.18. The van der Waals surface area contributed by atoms with Crippen LogP contribution in [-0.4, -0.2) is 41.7 Å². The van der Waals surface area contributed by atoms with Gasteiger partial charge in [-0.2, -0.15) is 5.26 Å². The monoisotopic (exact) mass is 329 g/mol. The van der Waals surface area contributed by atoms with Crippen molar-refractivity contribution in [2.45, 2.75) is 18.9 Å². The van der Waals surface area contributed by atoms with Gasteiger partial charge in [0.15, 0.2) is 0 Å². The van der Waals surface area contributed by atoms with Crippen molar-refractivity contribution in [2.75, 3.05) is 26.0 Å². The van der Waals surface area contributed by atoms with Crippen molar-refractivity contribution >= 4 is 28.6 Å². The molecule has 5 nitrogen and oxygen atoms in total. The Morgan fingerprint density at radius 3 is 2.70 bits per heavy atom. The van der Waals surface area contributed by atoms with Gasteiger partial charge in [0.1, 0.15) is 16.8 Å². The average Bonchev–Trinajstić information content (AvgIpc) is 2.59. The molecule has 2 aromatic rings. The van der Waals surface area contributed by atoms with Crippen LogP contribution in [0, 0.1) is 11.3 Å². The van der Waals surface area contributed by atoms with Crippen molar-refractivity contribution in [3.8, 4) is 11.8 Å². The van der Waals surface area contributed by atoms with Gasteiger partial charge in [0, 0.05) is 24.5 Å². The lowest BCUT2D eigenvalue weighted by Crippen LogP contribution is -2.31. The summed E-state index contributed by atoms with van der Waals surface area (Å²) in [6, 6.07) is 9.49. The quantitative estimate of drug-likeness (QED) is 0.762. The first kappa shape index (κ1) is 17.1. The molecule has 1 amide bonds. The SMILES string of the molecule is CCN(CC)C(=O)CSc1nc2cc(OC)ccc2cc1C#N. The highest BCUT2D eigenvalue weighted by Crippen LogP contribution is 2.27. The van der Waals surface area contributed by atoms with Crippen molar-refractivity contribution in [1.82, 2.24) is 9.88 Å². The predicted octanol–water partition coefficient (Wildman–Crippen LogP) is 3.08. The van der Waals surface area contributed by atoms with Gasteiger partial charge in [0.25, 0.3) is 0 Å². The van der Waals surface area contributed by atoms with E-state index < -0.39 is 0 Å². The van der Waals surface area contributed by atoms with Crippen LogP contribution < -0.4 is 4.74 Å². The Morgan fingerprint density at radius 1 is 1.35 bits per heavy atom. The number of hydrogen-bond acceptors (Lipinski definition) is 5. The lowest BCUT2D eigenvalue weighted by molar-refractivity contribution is -0.127. The van der Waals surface area contributed by atoms with E-state index in [2.05, 4.69) is 11.1 Å². The van der Waals surface area contributed by atoms with E-state index in [-0.39, 0.29) is 11.7 Å². The van der Waals surface area contributed by atoms with E-state index in [4.69, 9.17) is 4.74 Å². The molecular weight excluding hydrogens is 310 g/mol. The number of thioether (sulfide) groups is 1. The van der Waals surface area contributed by atoms with Crippen molar-refractivity contribution in [1.29, 1.82) is 5.26 Å². The van der Waals surface area contributed by atoms with Gasteiger partial charge in [0.2, 0.25) is 5.91 Å². The van der Waals surface area contributed by atoms with Crippen molar-refractivity contribution in [3.63, 3.8) is 0 Å². The maximum atomic E-state index is 12.1. The number of hydrogen-bond donors (Lipinski definition) is 0. The normalized spacial score (nSPS) is 10.3. The molecule has 120 valence electrons. The van der Waals surface area contributed by atoms with Gasteiger partial charge >= 0.3 is 0 Å². The third-order valence-corrected chi connectivity index (χ3v) is 4.53. The number of benzene rings is 1. The fourth-order valence-electron chi connectivity index (χ4n) is 2.24. The van der Waals surface area contributed by atoms with Crippen LogP contribution in [0.1, 0.15) is 19.4 Å². The molecule has 23 heavy (non-hydrogen) atoms. The average molecular weight is 329 g/mol. The van der Waals surface area contributed by atoms with Gasteiger partial charge in [0.05, 0.1) is 23.9 Å². The molecular formula is C17H19N3O2S. The summed E-state index contributed by atoms with van der Waals surface area (Å²) in [6.45, 7) is 5.27. The maximum absolute atomic E-state index is 12.1. The van der Waals surface area contributed by atoms with Gasteiger partial charge in [-0.05, 0) is 32.0 Å². The van der Waals surface area contributed by atoms with Gasteiger partial charge < -0.3 is 9.64 Å². The van der Waals surface area contributed by atoms with Crippen LogP contribution in [0.2, 0.25) is 0 Å². The number of nitrogens with zero attached hydrogens (tertiary/aromatic N) is 3. The minimum absolute atomic E-state index is 0.0522. The summed E-state index contributed by atoms with van der Waals surface area (Å²) in [5.74, 6) is 1.04. The highest BCUT2D eigenvalue weighted by molar-refractivity contribution is 8.00. The summed E-state index contributed by atoms with van der Waals surface area (Å²) in [5, 5.41) is 10.8. The first-order chi connectivity index (χ1) is 11.1. The molecule has 1 heterocycles. The Kier molecular flexibility index (Phi) is 5.83. The van der Waals surface area contributed by atoms with E-state index in [1.165, 1.54) is 11.8 Å². The second kappa shape index (κ2) is 7.84. The van der Waals surface area contributed by atoms with Crippen LogP contribution in [0.4, 0.5) is 0 Å². The Morgan fingerprint density at radius 2 is 2.09 bits per heavy atom. The van der Waals surface area contributed by atoms with Crippen molar-refractivity contribution < 1.29 is 9.53 Å². The number of fused-ring (bicyclic) bond motifs is 1. The fraction of sp³-hybridized carbons (Fsp3) is 0.353. The number of amides is 1. The second-order valence-electron chi connectivity index (χ2n) is 4.87. The Labute approximate surface area is 140 Å². The zero-order valence-corrected chi connectivity index (χ0v) is 14.3. The summed E-state index contributed by atoms with van der Waals surface area (Å²) in [5.41, 5.74) is 1.24. The zero-order chi connectivity index (χ0) is 16.8. The Hall–Kier alpha value is -2.26. The van der Waals surface area contributed by atoms with Crippen LogP contribution in [0.15, 0.2) is 29.3 Å². The molecule has 2 rings (SSSR count). The van der Waals surface area contributed by atoms with E-state index in [0.717, 1.165) is 10.9 Å². The molecule has 1 aromatic carbocycles. The number of ether oxygens (including phenoxy) is 1. The van der Waals surface area contributed by atoms with Crippen LogP contribution in [0.25, 0.3) is 10.9 Å². The van der Waals surface area contributed by atoms with Gasteiger partial charge in [-0.25, -0.2) is 4.98 Å². The van der Waals surface area contributed by atoms with Crippen LogP contribution in [0.5, 0.6) is 5.75 Å². The number of rotatable bonds is 6. The number of methoxy groups -OCH3 is 1. The molecule has 0 spiro atoms. The minimum Gasteiger partial charge on any atom is -0.497 e. The molecule has 0 saturated carbocycles. The summed E-state index contributed by atoms with van der Waals surface area (Å²) in [4.78, 5) is 18.4. The highest BCUT2D eigenvalue weighted by Gasteiger charge is 2.13. The van der Waals surface area contributed by atoms with Crippen LogP contribution in [0.3, 0.4) is 0 Å². The standard InChI is InChI=1S/C17H19N3O2S/c1-4-20(5-2)16(21)11-23-17-13(10-18)8-12-6-7-14(22-3)9-15(12)19-17/h6-9H,4-5,11H2,1-3H3. The second-order valence-corrected chi connectivity index (χ2v) is 5.83. The van der Waals surface area contributed by atoms with Gasteiger partial charge in [-0.1, -0.05) is 11.8 Å².